The van der Waals surface area contributed by atoms with E-state index in [-0.39, 0.29) is 5.41 Å². The monoisotopic (exact) mass is 359 g/mol. The standard InChI is InChI=1S/C23H25N3O/c1-6-23(5,7-2)17-8-9-24-20(12-17)16-11-19-18-10-14(3)26-15(4)21(18)27-22(19)25-13-16/h8-13H,6-7H2,1-5H3. The van der Waals surface area contributed by atoms with Gasteiger partial charge in [-0.1, -0.05) is 20.8 Å². The molecule has 4 nitrogen and oxygen atoms in total. The molecule has 0 aliphatic carbocycles. The largest absolute Gasteiger partial charge is 0.436 e. The predicted octanol–water partition coefficient (Wildman–Crippen LogP) is 6.13. The summed E-state index contributed by atoms with van der Waals surface area (Å²) in [6.45, 7) is 10.8. The first kappa shape index (κ1) is 17.7. The number of nitrogens with zero attached hydrogens (tertiary/aromatic N) is 3. The van der Waals surface area contributed by atoms with Crippen molar-refractivity contribution in [3.8, 4) is 11.3 Å². The lowest BCUT2D eigenvalue weighted by Crippen LogP contribution is -2.19. The van der Waals surface area contributed by atoms with Crippen LogP contribution in [0.15, 0.2) is 41.1 Å². The van der Waals surface area contributed by atoms with Crippen LogP contribution in [0.5, 0.6) is 0 Å². The molecule has 0 amide bonds. The summed E-state index contributed by atoms with van der Waals surface area (Å²) in [5.74, 6) is 0. The molecule has 0 unspecified atom stereocenters. The second kappa shape index (κ2) is 6.45. The summed E-state index contributed by atoms with van der Waals surface area (Å²) in [7, 11) is 0. The Morgan fingerprint density at radius 1 is 1.00 bits per heavy atom. The molecular weight excluding hydrogens is 334 g/mol. The lowest BCUT2D eigenvalue weighted by molar-refractivity contribution is 0.438. The molecule has 0 saturated heterocycles. The maximum absolute atomic E-state index is 5.95. The number of hydrogen-bond donors (Lipinski definition) is 0. The summed E-state index contributed by atoms with van der Waals surface area (Å²) < 4.78 is 5.95. The van der Waals surface area contributed by atoms with Crippen molar-refractivity contribution in [3.05, 3.63) is 53.6 Å². The molecule has 4 rings (SSSR count). The van der Waals surface area contributed by atoms with E-state index in [2.05, 4.69) is 60.0 Å². The van der Waals surface area contributed by atoms with Gasteiger partial charge in [0, 0.05) is 34.4 Å². The Morgan fingerprint density at radius 2 is 1.78 bits per heavy atom. The Bertz CT molecular complexity index is 1140. The van der Waals surface area contributed by atoms with Crippen molar-refractivity contribution in [2.24, 2.45) is 0 Å². The van der Waals surface area contributed by atoms with Crippen molar-refractivity contribution in [1.82, 2.24) is 15.0 Å². The molecule has 0 N–H and O–H groups in total. The van der Waals surface area contributed by atoms with Crippen LogP contribution in [0, 0.1) is 13.8 Å². The minimum atomic E-state index is 0.164. The van der Waals surface area contributed by atoms with Gasteiger partial charge in [0.1, 0.15) is 0 Å². The second-order valence-electron chi connectivity index (χ2n) is 7.60. The number of hydrogen-bond acceptors (Lipinski definition) is 4. The van der Waals surface area contributed by atoms with Crippen LogP contribution in [0.4, 0.5) is 0 Å². The third kappa shape index (κ3) is 2.89. The fourth-order valence-electron chi connectivity index (χ4n) is 3.73. The van der Waals surface area contributed by atoms with Gasteiger partial charge in [0.2, 0.25) is 5.71 Å². The van der Waals surface area contributed by atoms with E-state index in [4.69, 9.17) is 4.42 Å². The van der Waals surface area contributed by atoms with Gasteiger partial charge in [-0.3, -0.25) is 9.97 Å². The molecule has 0 saturated carbocycles. The summed E-state index contributed by atoms with van der Waals surface area (Å²) >= 11 is 0. The molecule has 0 aliphatic heterocycles. The zero-order valence-corrected chi connectivity index (χ0v) is 16.6. The summed E-state index contributed by atoms with van der Waals surface area (Å²) in [5, 5.41) is 2.07. The molecule has 4 heterocycles. The van der Waals surface area contributed by atoms with Gasteiger partial charge in [-0.25, -0.2) is 4.98 Å². The molecule has 138 valence electrons. The SMILES string of the molecule is CCC(C)(CC)c1ccnc(-c2cnc3oc4c(C)nc(C)cc4c3c2)c1. The van der Waals surface area contributed by atoms with E-state index in [9.17, 15) is 0 Å². The van der Waals surface area contributed by atoms with Crippen molar-refractivity contribution in [3.63, 3.8) is 0 Å². The highest BCUT2D eigenvalue weighted by Crippen LogP contribution is 2.35. The molecule has 4 aromatic rings. The van der Waals surface area contributed by atoms with Crippen LogP contribution in [0.3, 0.4) is 0 Å². The topological polar surface area (TPSA) is 51.8 Å². The minimum absolute atomic E-state index is 0.164. The molecule has 0 aromatic carbocycles. The normalized spacial score (nSPS) is 12.2. The Hall–Kier alpha value is -2.75. The van der Waals surface area contributed by atoms with Crippen molar-refractivity contribution in [1.29, 1.82) is 0 Å². The molecule has 0 fully saturated rings. The van der Waals surface area contributed by atoms with Gasteiger partial charge in [-0.15, -0.1) is 0 Å². The average molecular weight is 359 g/mol. The van der Waals surface area contributed by atoms with Gasteiger partial charge in [-0.2, -0.15) is 0 Å². The first-order chi connectivity index (χ1) is 12.9. The Labute approximate surface area is 159 Å². The summed E-state index contributed by atoms with van der Waals surface area (Å²) in [6.07, 6.45) is 5.95. The highest BCUT2D eigenvalue weighted by Gasteiger charge is 2.23. The fraction of sp³-hybridized carbons (Fsp3) is 0.348. The van der Waals surface area contributed by atoms with E-state index in [1.165, 1.54) is 5.56 Å². The number of fused-ring (bicyclic) bond motifs is 3. The molecule has 0 atom stereocenters. The molecular formula is C23H25N3O. The van der Waals surface area contributed by atoms with Crippen molar-refractivity contribution in [2.45, 2.75) is 52.9 Å². The molecule has 0 radical (unpaired) electrons. The lowest BCUT2D eigenvalue weighted by atomic mass is 9.78. The van der Waals surface area contributed by atoms with Gasteiger partial charge in [-0.05, 0) is 61.9 Å². The first-order valence-corrected chi connectivity index (χ1v) is 9.58. The van der Waals surface area contributed by atoms with E-state index >= 15 is 0 Å². The number of aryl methyl sites for hydroxylation is 2. The zero-order chi connectivity index (χ0) is 19.2. The highest BCUT2D eigenvalue weighted by atomic mass is 16.3. The van der Waals surface area contributed by atoms with E-state index in [1.807, 2.05) is 26.2 Å². The van der Waals surface area contributed by atoms with E-state index < -0.39 is 0 Å². The molecule has 27 heavy (non-hydrogen) atoms. The van der Waals surface area contributed by atoms with Gasteiger partial charge < -0.3 is 4.42 Å². The van der Waals surface area contributed by atoms with Crippen molar-refractivity contribution >= 4 is 22.1 Å². The second-order valence-corrected chi connectivity index (χ2v) is 7.60. The van der Waals surface area contributed by atoms with E-state index in [0.29, 0.717) is 5.71 Å². The van der Waals surface area contributed by atoms with E-state index in [0.717, 1.165) is 51.8 Å². The maximum Gasteiger partial charge on any atom is 0.227 e. The highest BCUT2D eigenvalue weighted by molar-refractivity contribution is 6.05. The zero-order valence-electron chi connectivity index (χ0n) is 16.6. The number of aromatic nitrogens is 3. The Balaban J connectivity index is 1.89. The van der Waals surface area contributed by atoms with Gasteiger partial charge in [0.15, 0.2) is 5.58 Å². The molecule has 4 aromatic heterocycles. The van der Waals surface area contributed by atoms with Crippen LogP contribution in [0.25, 0.3) is 33.3 Å². The minimum Gasteiger partial charge on any atom is -0.436 e. The molecule has 0 aliphatic rings. The van der Waals surface area contributed by atoms with Crippen LogP contribution >= 0.6 is 0 Å². The van der Waals surface area contributed by atoms with Crippen LogP contribution < -0.4 is 0 Å². The third-order valence-corrected chi connectivity index (χ3v) is 5.92. The van der Waals surface area contributed by atoms with E-state index in [1.54, 1.807) is 0 Å². The first-order valence-electron chi connectivity index (χ1n) is 9.58. The third-order valence-electron chi connectivity index (χ3n) is 5.92. The number of rotatable bonds is 4. The number of pyridine rings is 3. The Kier molecular flexibility index (Phi) is 4.22. The van der Waals surface area contributed by atoms with Crippen LogP contribution in [0.1, 0.15) is 50.6 Å². The molecule has 0 bridgehead atoms. The quantitative estimate of drug-likeness (QED) is 0.439. The summed E-state index contributed by atoms with van der Waals surface area (Å²) in [6, 6.07) is 8.54. The van der Waals surface area contributed by atoms with Crippen molar-refractivity contribution < 1.29 is 4.42 Å². The lowest BCUT2D eigenvalue weighted by Gasteiger charge is -2.27. The van der Waals surface area contributed by atoms with Crippen LogP contribution in [-0.2, 0) is 5.41 Å². The average Bonchev–Trinajstić information content (AvgIpc) is 3.06. The molecule has 0 spiro atoms. The smallest absolute Gasteiger partial charge is 0.227 e. The van der Waals surface area contributed by atoms with Gasteiger partial charge in [0.05, 0.1) is 11.4 Å². The molecule has 4 heteroatoms. The maximum atomic E-state index is 5.95. The van der Waals surface area contributed by atoms with Gasteiger partial charge in [0.25, 0.3) is 0 Å². The summed E-state index contributed by atoms with van der Waals surface area (Å²) in [5.41, 5.74) is 6.78. The van der Waals surface area contributed by atoms with Crippen LogP contribution in [0.2, 0.25) is 0 Å². The summed E-state index contributed by atoms with van der Waals surface area (Å²) in [4.78, 5) is 13.7. The van der Waals surface area contributed by atoms with Crippen LogP contribution in [-0.4, -0.2) is 15.0 Å². The Morgan fingerprint density at radius 3 is 2.52 bits per heavy atom. The predicted molar refractivity (Wildman–Crippen MR) is 110 cm³/mol. The number of furan rings is 1. The van der Waals surface area contributed by atoms with Crippen molar-refractivity contribution in [2.75, 3.05) is 0 Å². The fourth-order valence-corrected chi connectivity index (χ4v) is 3.73. The van der Waals surface area contributed by atoms with Gasteiger partial charge >= 0.3 is 0 Å².